The van der Waals surface area contributed by atoms with Gasteiger partial charge in [0.15, 0.2) is 0 Å². The molecule has 0 saturated carbocycles. The van der Waals surface area contributed by atoms with Crippen LogP contribution in [0.15, 0.2) is 0 Å². The van der Waals surface area contributed by atoms with Crippen LogP contribution in [-0.4, -0.2) is 47.2 Å². The van der Waals surface area contributed by atoms with Gasteiger partial charge in [-0.2, -0.15) is 0 Å². The molecule has 0 aromatic carbocycles. The van der Waals surface area contributed by atoms with Crippen LogP contribution in [0.5, 0.6) is 0 Å². The topological polar surface area (TPSA) is 52.6 Å². The molecule has 86 valence electrons. The summed E-state index contributed by atoms with van der Waals surface area (Å²) in [5.74, 6) is 0.170. The molecule has 0 radical (unpaired) electrons. The van der Waals surface area contributed by atoms with Gasteiger partial charge in [0.2, 0.25) is 5.91 Å². The molecule has 1 amide bonds. The van der Waals surface area contributed by atoms with Crippen molar-refractivity contribution in [2.75, 3.05) is 19.6 Å². The minimum atomic E-state index is -0.652. The van der Waals surface area contributed by atoms with Crippen LogP contribution in [0.25, 0.3) is 0 Å². The van der Waals surface area contributed by atoms with E-state index >= 15 is 0 Å². The van der Waals surface area contributed by atoms with Crippen molar-refractivity contribution in [1.29, 1.82) is 0 Å². The first-order valence-corrected chi connectivity index (χ1v) is 5.83. The smallest absolute Gasteiger partial charge is 0.239 e. The van der Waals surface area contributed by atoms with E-state index < -0.39 is 5.60 Å². The molecular formula is C11H20N2O2. The number of hydrogen-bond acceptors (Lipinski definition) is 3. The Morgan fingerprint density at radius 3 is 2.80 bits per heavy atom. The lowest BCUT2D eigenvalue weighted by Gasteiger charge is -2.45. The Bertz CT molecular complexity index is 237. The third-order valence-electron chi connectivity index (χ3n) is 3.23. The third-order valence-corrected chi connectivity index (χ3v) is 3.23. The van der Waals surface area contributed by atoms with Crippen LogP contribution < -0.4 is 5.32 Å². The zero-order valence-corrected chi connectivity index (χ0v) is 9.33. The molecule has 0 aromatic heterocycles. The van der Waals surface area contributed by atoms with Gasteiger partial charge in [-0.05, 0) is 26.3 Å². The quantitative estimate of drug-likeness (QED) is 0.649. The standard InChI is InChI=1S/C11H20N2O2/c1-11(15)7-13(8-11)10(14)9-5-3-2-4-6-12-9/h9,12,15H,2-8H2,1H3. The highest BCUT2D eigenvalue weighted by Crippen LogP contribution is 2.22. The van der Waals surface area contributed by atoms with Gasteiger partial charge in [-0.1, -0.05) is 12.8 Å². The summed E-state index contributed by atoms with van der Waals surface area (Å²) in [5, 5.41) is 12.9. The van der Waals surface area contributed by atoms with E-state index in [1.807, 2.05) is 0 Å². The molecular weight excluding hydrogens is 192 g/mol. The molecule has 2 rings (SSSR count). The van der Waals surface area contributed by atoms with Gasteiger partial charge in [0, 0.05) is 0 Å². The van der Waals surface area contributed by atoms with Crippen molar-refractivity contribution in [3.05, 3.63) is 0 Å². The molecule has 2 aliphatic heterocycles. The maximum absolute atomic E-state index is 12.0. The SMILES string of the molecule is CC1(O)CN(C(=O)C2CCCCCN2)C1. The average Bonchev–Trinajstić information content (AvgIpc) is 2.40. The van der Waals surface area contributed by atoms with Gasteiger partial charge in [-0.25, -0.2) is 0 Å². The molecule has 2 saturated heterocycles. The van der Waals surface area contributed by atoms with Crippen molar-refractivity contribution in [3.63, 3.8) is 0 Å². The van der Waals surface area contributed by atoms with Crippen LogP contribution in [-0.2, 0) is 4.79 Å². The summed E-state index contributed by atoms with van der Waals surface area (Å²) in [7, 11) is 0. The van der Waals surface area contributed by atoms with Gasteiger partial charge < -0.3 is 15.3 Å². The van der Waals surface area contributed by atoms with E-state index in [1.165, 1.54) is 12.8 Å². The number of rotatable bonds is 1. The summed E-state index contributed by atoms with van der Waals surface area (Å²) >= 11 is 0. The number of carbonyl (C=O) groups is 1. The van der Waals surface area contributed by atoms with Crippen molar-refractivity contribution in [1.82, 2.24) is 10.2 Å². The zero-order valence-electron chi connectivity index (χ0n) is 9.33. The molecule has 2 N–H and O–H groups in total. The summed E-state index contributed by atoms with van der Waals surface area (Å²) in [5.41, 5.74) is -0.652. The van der Waals surface area contributed by atoms with E-state index in [4.69, 9.17) is 0 Å². The predicted octanol–water partition coefficient (Wildman–Crippen LogP) is 0.112. The molecule has 1 atom stereocenters. The Labute approximate surface area is 90.6 Å². The van der Waals surface area contributed by atoms with Crippen molar-refractivity contribution in [2.45, 2.75) is 44.2 Å². The van der Waals surface area contributed by atoms with Gasteiger partial charge >= 0.3 is 0 Å². The van der Waals surface area contributed by atoms with Crippen molar-refractivity contribution in [2.24, 2.45) is 0 Å². The molecule has 4 heteroatoms. The maximum Gasteiger partial charge on any atom is 0.239 e. The fourth-order valence-corrected chi connectivity index (χ4v) is 2.39. The number of aliphatic hydroxyl groups is 1. The maximum atomic E-state index is 12.0. The van der Waals surface area contributed by atoms with Gasteiger partial charge in [0.05, 0.1) is 24.7 Å². The predicted molar refractivity (Wildman–Crippen MR) is 57.5 cm³/mol. The molecule has 0 aromatic rings. The van der Waals surface area contributed by atoms with E-state index in [0.717, 1.165) is 19.4 Å². The lowest BCUT2D eigenvalue weighted by Crippen LogP contribution is -2.64. The van der Waals surface area contributed by atoms with E-state index in [2.05, 4.69) is 5.32 Å². The molecule has 15 heavy (non-hydrogen) atoms. The number of amides is 1. The van der Waals surface area contributed by atoms with E-state index in [-0.39, 0.29) is 11.9 Å². The summed E-state index contributed by atoms with van der Waals surface area (Å²) in [6.07, 6.45) is 4.46. The van der Waals surface area contributed by atoms with Crippen LogP contribution in [0, 0.1) is 0 Å². The van der Waals surface area contributed by atoms with E-state index in [9.17, 15) is 9.90 Å². The van der Waals surface area contributed by atoms with Crippen LogP contribution in [0.3, 0.4) is 0 Å². The highest BCUT2D eigenvalue weighted by molar-refractivity contribution is 5.83. The highest BCUT2D eigenvalue weighted by atomic mass is 16.3. The molecule has 0 bridgehead atoms. The van der Waals surface area contributed by atoms with Crippen molar-refractivity contribution >= 4 is 5.91 Å². The Hall–Kier alpha value is -0.610. The third kappa shape index (κ3) is 2.49. The first-order valence-electron chi connectivity index (χ1n) is 5.83. The molecule has 1 unspecified atom stereocenters. The second-order valence-corrected chi connectivity index (χ2v) is 5.05. The number of β-amino-alcohol motifs (C(OH)–C–C–N with tert-alkyl or cyclic N) is 1. The summed E-state index contributed by atoms with van der Waals surface area (Å²) in [6, 6.07) is -0.0106. The fourth-order valence-electron chi connectivity index (χ4n) is 2.39. The lowest BCUT2D eigenvalue weighted by atomic mass is 9.95. The highest BCUT2D eigenvalue weighted by Gasteiger charge is 2.41. The Morgan fingerprint density at radius 1 is 1.40 bits per heavy atom. The molecule has 2 heterocycles. The van der Waals surface area contributed by atoms with E-state index in [1.54, 1.807) is 11.8 Å². The largest absolute Gasteiger partial charge is 0.386 e. The van der Waals surface area contributed by atoms with Crippen LogP contribution in [0.1, 0.15) is 32.6 Å². The molecule has 2 aliphatic rings. The van der Waals surface area contributed by atoms with Crippen molar-refractivity contribution in [3.8, 4) is 0 Å². The molecule has 2 fully saturated rings. The average molecular weight is 212 g/mol. The number of hydrogen-bond donors (Lipinski definition) is 2. The lowest BCUT2D eigenvalue weighted by molar-refractivity contribution is -0.154. The van der Waals surface area contributed by atoms with E-state index in [0.29, 0.717) is 13.1 Å². The normalized spacial score (nSPS) is 30.5. The Balaban J connectivity index is 1.85. The zero-order chi connectivity index (χ0) is 10.9. The van der Waals surface area contributed by atoms with Crippen LogP contribution >= 0.6 is 0 Å². The second-order valence-electron chi connectivity index (χ2n) is 5.05. The monoisotopic (exact) mass is 212 g/mol. The van der Waals surface area contributed by atoms with Crippen molar-refractivity contribution < 1.29 is 9.90 Å². The van der Waals surface area contributed by atoms with Gasteiger partial charge in [0.1, 0.15) is 0 Å². The molecule has 0 aliphatic carbocycles. The summed E-state index contributed by atoms with van der Waals surface area (Å²) < 4.78 is 0. The minimum absolute atomic E-state index is 0.0106. The van der Waals surface area contributed by atoms with Crippen LogP contribution in [0.4, 0.5) is 0 Å². The number of nitrogens with one attached hydrogen (secondary N) is 1. The van der Waals surface area contributed by atoms with Gasteiger partial charge in [0.25, 0.3) is 0 Å². The molecule has 0 spiro atoms. The first kappa shape index (κ1) is 10.9. The number of carbonyl (C=O) groups excluding carboxylic acids is 1. The van der Waals surface area contributed by atoms with Crippen LogP contribution in [0.2, 0.25) is 0 Å². The molecule has 4 nitrogen and oxygen atoms in total. The summed E-state index contributed by atoms with van der Waals surface area (Å²) in [6.45, 7) is 3.70. The number of likely N-dealkylation sites (tertiary alicyclic amines) is 1. The first-order chi connectivity index (χ1) is 7.08. The van der Waals surface area contributed by atoms with Gasteiger partial charge in [-0.3, -0.25) is 4.79 Å². The van der Waals surface area contributed by atoms with Gasteiger partial charge in [-0.15, -0.1) is 0 Å². The summed E-state index contributed by atoms with van der Waals surface area (Å²) in [4.78, 5) is 13.7. The minimum Gasteiger partial charge on any atom is -0.386 e. The Kier molecular flexibility index (Phi) is 2.98. The fraction of sp³-hybridized carbons (Fsp3) is 0.909. The Morgan fingerprint density at radius 2 is 2.13 bits per heavy atom. The number of nitrogens with zero attached hydrogens (tertiary/aromatic N) is 1. The second kappa shape index (κ2) is 4.10.